The highest BCUT2D eigenvalue weighted by atomic mass is 79.9. The van der Waals surface area contributed by atoms with Crippen molar-refractivity contribution in [2.45, 2.75) is 6.42 Å². The Kier molecular flexibility index (Phi) is 9.31. The van der Waals surface area contributed by atoms with Crippen molar-refractivity contribution in [1.29, 1.82) is 0 Å². The number of benzene rings is 1. The second-order valence-electron chi connectivity index (χ2n) is 9.78. The first kappa shape index (κ1) is 28.1. The van der Waals surface area contributed by atoms with Crippen LogP contribution in [0.15, 0.2) is 41.3 Å². The van der Waals surface area contributed by atoms with Gasteiger partial charge < -0.3 is 25.2 Å². The number of anilines is 2. The maximum Gasteiger partial charge on any atom is 0.293 e. The number of carbonyl (C=O) groups is 2. The summed E-state index contributed by atoms with van der Waals surface area (Å²) >= 11 is 3.29. The third-order valence-corrected chi connectivity index (χ3v) is 7.34. The predicted octanol–water partition coefficient (Wildman–Crippen LogP) is 1.28. The zero-order valence-electron chi connectivity index (χ0n) is 22.4. The molecule has 3 aromatic rings. The van der Waals surface area contributed by atoms with Gasteiger partial charge in [-0.25, -0.2) is 14.6 Å². The van der Waals surface area contributed by atoms with Crippen molar-refractivity contribution in [3.63, 3.8) is 0 Å². The maximum atomic E-state index is 13.0. The fourth-order valence-electron chi connectivity index (χ4n) is 4.61. The average molecular weight is 614 g/mol. The van der Waals surface area contributed by atoms with Crippen molar-refractivity contribution >= 4 is 39.1 Å². The van der Waals surface area contributed by atoms with Crippen LogP contribution in [0.2, 0.25) is 0 Å². The fourth-order valence-corrected chi connectivity index (χ4v) is 4.82. The number of morpholine rings is 1. The van der Waals surface area contributed by atoms with E-state index in [0.717, 1.165) is 71.1 Å². The maximum absolute atomic E-state index is 13.0. The Balaban J connectivity index is 1.28. The number of nitrogens with one attached hydrogen (secondary N) is 2. The number of piperazine rings is 1. The molecule has 0 bridgehead atoms. The number of halogens is 1. The van der Waals surface area contributed by atoms with E-state index in [1.54, 1.807) is 6.20 Å². The van der Waals surface area contributed by atoms with Gasteiger partial charge in [-0.2, -0.15) is 0 Å². The Labute approximate surface area is 241 Å². The van der Waals surface area contributed by atoms with Crippen LogP contribution in [-0.2, 0) is 4.74 Å². The van der Waals surface area contributed by atoms with E-state index in [1.165, 1.54) is 17.1 Å². The Hall–Kier alpha value is -3.46. The number of amides is 2. The first-order chi connectivity index (χ1) is 19.5. The second kappa shape index (κ2) is 13.3. The Bertz CT molecular complexity index is 1300. The monoisotopic (exact) mass is 612 g/mol. The molecule has 0 radical (unpaired) electrons. The lowest BCUT2D eigenvalue weighted by molar-refractivity contribution is 0.0374. The Morgan fingerprint density at radius 2 is 1.77 bits per heavy atom. The van der Waals surface area contributed by atoms with Crippen molar-refractivity contribution in [2.75, 3.05) is 82.8 Å². The van der Waals surface area contributed by atoms with Gasteiger partial charge in [-0.05, 0) is 54.1 Å². The largest absolute Gasteiger partial charge is 0.379 e. The smallest absolute Gasteiger partial charge is 0.293 e. The molecular formula is C26H33BrN10O3. The molecule has 0 aliphatic carbocycles. The van der Waals surface area contributed by atoms with E-state index >= 15 is 0 Å². The lowest BCUT2D eigenvalue weighted by atomic mass is 10.2. The van der Waals surface area contributed by atoms with E-state index in [0.29, 0.717) is 22.4 Å². The van der Waals surface area contributed by atoms with Crippen molar-refractivity contribution < 1.29 is 14.3 Å². The van der Waals surface area contributed by atoms with Crippen LogP contribution in [0.4, 0.5) is 11.4 Å². The first-order valence-electron chi connectivity index (χ1n) is 13.3. The number of carbonyl (C=O) groups excluding carboxylic acids is 2. The van der Waals surface area contributed by atoms with Crippen molar-refractivity contribution in [3.8, 4) is 5.69 Å². The van der Waals surface area contributed by atoms with Crippen LogP contribution < -0.4 is 15.5 Å². The molecule has 2 N–H and O–H groups in total. The zero-order valence-corrected chi connectivity index (χ0v) is 24.0. The molecule has 0 atom stereocenters. The van der Waals surface area contributed by atoms with Crippen LogP contribution in [0.25, 0.3) is 5.69 Å². The summed E-state index contributed by atoms with van der Waals surface area (Å²) in [6.07, 6.45) is 5.50. The van der Waals surface area contributed by atoms with E-state index in [1.807, 2.05) is 18.2 Å². The second-order valence-corrected chi connectivity index (χ2v) is 10.7. The molecule has 4 heterocycles. The van der Waals surface area contributed by atoms with E-state index in [9.17, 15) is 9.59 Å². The van der Waals surface area contributed by atoms with E-state index in [-0.39, 0.29) is 17.4 Å². The number of rotatable bonds is 9. The highest BCUT2D eigenvalue weighted by molar-refractivity contribution is 9.10. The van der Waals surface area contributed by atoms with Crippen molar-refractivity contribution in [3.05, 3.63) is 52.8 Å². The SMILES string of the molecule is CN1CCN(c2ccc(-n3cc(C(=O)NCCCN4CCOCC4)nn3)cc2NC(=O)c2ncc(Br)cn2)CC1. The van der Waals surface area contributed by atoms with Gasteiger partial charge in [-0.15, -0.1) is 5.10 Å². The Morgan fingerprint density at radius 3 is 2.52 bits per heavy atom. The van der Waals surface area contributed by atoms with Crippen LogP contribution in [-0.4, -0.2) is 119 Å². The molecule has 2 aromatic heterocycles. The number of nitrogens with zero attached hydrogens (tertiary/aromatic N) is 8. The first-order valence-corrected chi connectivity index (χ1v) is 14.1. The molecular weight excluding hydrogens is 580 g/mol. The lowest BCUT2D eigenvalue weighted by Crippen LogP contribution is -2.44. The molecule has 2 aliphatic heterocycles. The van der Waals surface area contributed by atoms with Gasteiger partial charge in [0, 0.05) is 58.2 Å². The summed E-state index contributed by atoms with van der Waals surface area (Å²) in [4.78, 5) is 40.7. The summed E-state index contributed by atoms with van der Waals surface area (Å²) in [5.74, 6) is -0.634. The van der Waals surface area contributed by atoms with Crippen LogP contribution in [0.1, 0.15) is 27.5 Å². The Morgan fingerprint density at radius 1 is 1.02 bits per heavy atom. The summed E-state index contributed by atoms with van der Waals surface area (Å²) < 4.78 is 7.59. The lowest BCUT2D eigenvalue weighted by Gasteiger charge is -2.35. The molecule has 0 spiro atoms. The molecule has 2 saturated heterocycles. The summed E-state index contributed by atoms with van der Waals surface area (Å²) in [5, 5.41) is 14.1. The summed E-state index contributed by atoms with van der Waals surface area (Å²) in [7, 11) is 2.09. The van der Waals surface area contributed by atoms with Gasteiger partial charge in [-0.1, -0.05) is 5.21 Å². The number of aromatic nitrogens is 5. The minimum atomic E-state index is -0.421. The van der Waals surface area contributed by atoms with Crippen LogP contribution in [0.5, 0.6) is 0 Å². The van der Waals surface area contributed by atoms with Gasteiger partial charge in [0.25, 0.3) is 11.8 Å². The molecule has 2 fully saturated rings. The minimum Gasteiger partial charge on any atom is -0.379 e. The van der Waals surface area contributed by atoms with Gasteiger partial charge in [0.05, 0.1) is 40.9 Å². The van der Waals surface area contributed by atoms with Gasteiger partial charge in [-0.3, -0.25) is 14.5 Å². The molecule has 2 aliphatic rings. The topological polar surface area (TPSA) is 134 Å². The van der Waals surface area contributed by atoms with Crippen molar-refractivity contribution in [2.24, 2.45) is 0 Å². The molecule has 1 aromatic carbocycles. The van der Waals surface area contributed by atoms with Crippen LogP contribution in [0, 0.1) is 0 Å². The molecule has 14 heteroatoms. The quantitative estimate of drug-likeness (QED) is 0.340. The van der Waals surface area contributed by atoms with Crippen LogP contribution >= 0.6 is 15.9 Å². The number of ether oxygens (including phenoxy) is 1. The predicted molar refractivity (Wildman–Crippen MR) is 153 cm³/mol. The molecule has 13 nitrogen and oxygen atoms in total. The molecule has 40 heavy (non-hydrogen) atoms. The zero-order chi connectivity index (χ0) is 27.9. The molecule has 2 amide bonds. The highest BCUT2D eigenvalue weighted by Gasteiger charge is 2.21. The van der Waals surface area contributed by atoms with E-state index < -0.39 is 5.91 Å². The van der Waals surface area contributed by atoms with E-state index in [4.69, 9.17) is 4.74 Å². The van der Waals surface area contributed by atoms with Crippen molar-refractivity contribution in [1.82, 2.24) is 40.1 Å². The standard InChI is InChI=1S/C26H33BrN10O3/c1-34-7-9-36(10-8-34)23-4-3-20(15-21(23)31-26(39)24-29-16-19(27)17-30-24)37-18-22(32-33-37)25(38)28-5-2-6-35-11-13-40-14-12-35/h3-4,15-18H,2,5-14H2,1H3,(H,28,38)(H,31,39). The normalized spacial score (nSPS) is 16.6. The van der Waals surface area contributed by atoms with Gasteiger partial charge in [0.1, 0.15) is 0 Å². The van der Waals surface area contributed by atoms with E-state index in [2.05, 4.69) is 68.6 Å². The van der Waals surface area contributed by atoms with Crippen LogP contribution in [0.3, 0.4) is 0 Å². The molecule has 5 rings (SSSR count). The number of hydrogen-bond acceptors (Lipinski definition) is 10. The average Bonchev–Trinajstić information content (AvgIpc) is 3.47. The molecule has 0 unspecified atom stereocenters. The molecule has 0 saturated carbocycles. The van der Waals surface area contributed by atoms with Gasteiger partial charge >= 0.3 is 0 Å². The number of hydrogen-bond donors (Lipinski definition) is 2. The van der Waals surface area contributed by atoms with Gasteiger partial charge in [0.15, 0.2) is 5.69 Å². The van der Waals surface area contributed by atoms with Gasteiger partial charge in [0.2, 0.25) is 5.82 Å². The summed E-state index contributed by atoms with van der Waals surface area (Å²) in [6, 6.07) is 5.67. The third kappa shape index (κ3) is 7.18. The minimum absolute atomic E-state index is 0.0614. The number of likely N-dealkylation sites (N-methyl/N-ethyl adjacent to an activating group) is 1. The highest BCUT2D eigenvalue weighted by Crippen LogP contribution is 2.30. The summed E-state index contributed by atoms with van der Waals surface area (Å²) in [5.41, 5.74) is 2.37. The molecule has 212 valence electrons. The summed E-state index contributed by atoms with van der Waals surface area (Å²) in [6.45, 7) is 8.32. The third-order valence-electron chi connectivity index (χ3n) is 6.93. The fraction of sp³-hybridized carbons (Fsp3) is 0.462.